The van der Waals surface area contributed by atoms with Crippen LogP contribution in [0, 0.1) is 0 Å². The lowest BCUT2D eigenvalue weighted by Gasteiger charge is -2.29. The first-order valence-corrected chi connectivity index (χ1v) is 9.86. The number of hydrogen-bond acceptors (Lipinski definition) is 4. The zero-order valence-corrected chi connectivity index (χ0v) is 14.9. The predicted octanol–water partition coefficient (Wildman–Crippen LogP) is 2.17. The summed E-state index contributed by atoms with van der Waals surface area (Å²) in [6.45, 7) is 6.00. The molecule has 0 bridgehead atoms. The van der Waals surface area contributed by atoms with Crippen molar-refractivity contribution in [3.63, 3.8) is 0 Å². The summed E-state index contributed by atoms with van der Waals surface area (Å²) in [6.07, 6.45) is 7.40. The van der Waals surface area contributed by atoms with Crippen LogP contribution in [-0.2, 0) is 15.0 Å². The van der Waals surface area contributed by atoms with Crippen molar-refractivity contribution in [2.75, 3.05) is 39.8 Å². The van der Waals surface area contributed by atoms with Gasteiger partial charge in [-0.05, 0) is 52.2 Å². The van der Waals surface area contributed by atoms with Crippen LogP contribution in [0.3, 0.4) is 0 Å². The van der Waals surface area contributed by atoms with E-state index in [0.717, 1.165) is 17.3 Å². The normalized spacial score (nSPS) is 18.2. The van der Waals surface area contributed by atoms with Gasteiger partial charge in [-0.15, -0.1) is 0 Å². The highest BCUT2D eigenvalue weighted by molar-refractivity contribution is 7.83. The van der Waals surface area contributed by atoms with Gasteiger partial charge in [0.15, 0.2) is 0 Å². The van der Waals surface area contributed by atoms with Gasteiger partial charge in [-0.2, -0.15) is 12.7 Å². The van der Waals surface area contributed by atoms with Gasteiger partial charge in [0.05, 0.1) is 6.10 Å². The van der Waals surface area contributed by atoms with Crippen LogP contribution in [0.5, 0.6) is 0 Å². The molecule has 22 heavy (non-hydrogen) atoms. The van der Waals surface area contributed by atoms with E-state index in [2.05, 4.69) is 18.9 Å². The van der Waals surface area contributed by atoms with Gasteiger partial charge in [0, 0.05) is 19.7 Å². The van der Waals surface area contributed by atoms with E-state index < -0.39 is 10.3 Å². The zero-order chi connectivity index (χ0) is 16.4. The van der Waals surface area contributed by atoms with Crippen LogP contribution < -0.4 is 0 Å². The molecule has 0 aromatic heterocycles. The van der Waals surface area contributed by atoms with E-state index in [-0.39, 0.29) is 6.10 Å². The number of hydrogen-bond donors (Lipinski definition) is 1. The molecule has 132 valence electrons. The summed E-state index contributed by atoms with van der Waals surface area (Å²) in [4.78, 5) is 2.37. The van der Waals surface area contributed by atoms with Crippen molar-refractivity contribution >= 4 is 10.3 Å². The molecule has 0 aromatic rings. The van der Waals surface area contributed by atoms with Crippen molar-refractivity contribution in [3.8, 4) is 0 Å². The second kappa shape index (κ2) is 10.5. The third-order valence-electron chi connectivity index (χ3n) is 4.12. The van der Waals surface area contributed by atoms with Crippen LogP contribution in [0.15, 0.2) is 0 Å². The number of nitrogens with zero attached hydrogens (tertiary/aromatic N) is 2. The summed E-state index contributed by atoms with van der Waals surface area (Å²) in [6, 6.07) is 0. The molecule has 1 fully saturated rings. The molecular weight excluding hydrogens is 304 g/mol. The highest BCUT2D eigenvalue weighted by Gasteiger charge is 2.26. The molecule has 1 aliphatic rings. The van der Waals surface area contributed by atoms with Crippen LogP contribution in [0.2, 0.25) is 0 Å². The molecule has 1 heterocycles. The van der Waals surface area contributed by atoms with Gasteiger partial charge in [-0.25, -0.2) is 0 Å². The van der Waals surface area contributed by atoms with Crippen molar-refractivity contribution in [1.29, 1.82) is 0 Å². The monoisotopic (exact) mass is 336 g/mol. The number of rotatable bonds is 11. The SMILES string of the molecule is CCCN(C)CCCCCCOC1CCN(S(=O)(=O)O)CC1. The minimum Gasteiger partial charge on any atom is -0.378 e. The fourth-order valence-corrected chi connectivity index (χ4v) is 3.48. The number of unbranched alkanes of at least 4 members (excludes halogenated alkanes) is 3. The molecule has 0 amide bonds. The van der Waals surface area contributed by atoms with Gasteiger partial charge in [-0.1, -0.05) is 19.8 Å². The van der Waals surface area contributed by atoms with E-state index >= 15 is 0 Å². The lowest BCUT2D eigenvalue weighted by atomic mass is 10.1. The maximum atomic E-state index is 11.0. The lowest BCUT2D eigenvalue weighted by Crippen LogP contribution is -2.40. The molecule has 0 unspecified atom stereocenters. The van der Waals surface area contributed by atoms with E-state index in [0.29, 0.717) is 25.9 Å². The summed E-state index contributed by atoms with van der Waals surface area (Å²) < 4.78 is 37.8. The maximum Gasteiger partial charge on any atom is 0.335 e. The van der Waals surface area contributed by atoms with Gasteiger partial charge >= 0.3 is 10.3 Å². The molecular formula is C15H32N2O4S. The minimum atomic E-state index is -4.02. The Morgan fingerprint density at radius 2 is 1.77 bits per heavy atom. The molecule has 0 atom stereocenters. The maximum absolute atomic E-state index is 11.0. The fourth-order valence-electron chi connectivity index (χ4n) is 2.81. The predicted molar refractivity (Wildman–Crippen MR) is 88.4 cm³/mol. The van der Waals surface area contributed by atoms with E-state index in [9.17, 15) is 8.42 Å². The second-order valence-electron chi connectivity index (χ2n) is 6.16. The van der Waals surface area contributed by atoms with Crippen LogP contribution in [-0.4, -0.2) is 68.1 Å². The highest BCUT2D eigenvalue weighted by atomic mass is 32.2. The summed E-state index contributed by atoms with van der Waals surface area (Å²) in [7, 11) is -1.85. The molecule has 1 aliphatic heterocycles. The van der Waals surface area contributed by atoms with E-state index in [1.165, 1.54) is 38.8 Å². The first-order chi connectivity index (χ1) is 10.4. The van der Waals surface area contributed by atoms with E-state index in [1.54, 1.807) is 0 Å². The molecule has 1 N–H and O–H groups in total. The van der Waals surface area contributed by atoms with Gasteiger partial charge in [0.1, 0.15) is 0 Å². The summed E-state index contributed by atoms with van der Waals surface area (Å²) in [5.41, 5.74) is 0. The van der Waals surface area contributed by atoms with Crippen molar-refractivity contribution < 1.29 is 17.7 Å². The average molecular weight is 336 g/mol. The first kappa shape index (κ1) is 19.8. The molecule has 6 nitrogen and oxygen atoms in total. The molecule has 1 rings (SSSR count). The van der Waals surface area contributed by atoms with Crippen molar-refractivity contribution in [3.05, 3.63) is 0 Å². The van der Waals surface area contributed by atoms with Gasteiger partial charge in [0.25, 0.3) is 0 Å². The summed E-state index contributed by atoms with van der Waals surface area (Å²) in [5, 5.41) is 0. The van der Waals surface area contributed by atoms with Crippen molar-refractivity contribution in [2.45, 2.75) is 58.0 Å². The topological polar surface area (TPSA) is 70.1 Å². The molecule has 1 saturated heterocycles. The van der Waals surface area contributed by atoms with Crippen LogP contribution in [0.25, 0.3) is 0 Å². The first-order valence-electron chi connectivity index (χ1n) is 8.46. The smallest absolute Gasteiger partial charge is 0.335 e. The summed E-state index contributed by atoms with van der Waals surface area (Å²) >= 11 is 0. The summed E-state index contributed by atoms with van der Waals surface area (Å²) in [5.74, 6) is 0. The Bertz CT molecular complexity index is 381. The third-order valence-corrected chi connectivity index (χ3v) is 5.14. The molecule has 0 spiro atoms. The van der Waals surface area contributed by atoms with Crippen LogP contribution >= 0.6 is 0 Å². The Labute approximate surface area is 135 Å². The standard InChI is InChI=1S/C15H32N2O4S/c1-3-10-16(2)11-6-4-5-7-14-21-15-8-12-17(13-9-15)22(18,19)20/h15H,3-14H2,1-2H3,(H,18,19,20). The lowest BCUT2D eigenvalue weighted by molar-refractivity contribution is 0.0181. The zero-order valence-electron chi connectivity index (χ0n) is 14.0. The van der Waals surface area contributed by atoms with Crippen LogP contribution in [0.4, 0.5) is 0 Å². The number of piperidine rings is 1. The van der Waals surface area contributed by atoms with Crippen molar-refractivity contribution in [2.24, 2.45) is 0 Å². The molecule has 0 aromatic carbocycles. The molecule has 0 saturated carbocycles. The van der Waals surface area contributed by atoms with Gasteiger partial charge < -0.3 is 9.64 Å². The number of ether oxygens (including phenoxy) is 1. The van der Waals surface area contributed by atoms with Gasteiger partial charge in [0.2, 0.25) is 0 Å². The molecule has 7 heteroatoms. The largest absolute Gasteiger partial charge is 0.378 e. The Hall–Kier alpha value is -0.210. The minimum absolute atomic E-state index is 0.133. The molecule has 0 radical (unpaired) electrons. The van der Waals surface area contributed by atoms with Crippen LogP contribution in [0.1, 0.15) is 51.9 Å². The third kappa shape index (κ3) is 8.43. The Kier molecular flexibility index (Phi) is 9.51. The van der Waals surface area contributed by atoms with E-state index in [1.807, 2.05) is 0 Å². The molecule has 0 aliphatic carbocycles. The average Bonchev–Trinajstić information content (AvgIpc) is 2.46. The second-order valence-corrected chi connectivity index (χ2v) is 7.58. The van der Waals surface area contributed by atoms with Gasteiger partial charge in [-0.3, -0.25) is 4.55 Å². The van der Waals surface area contributed by atoms with E-state index in [4.69, 9.17) is 9.29 Å². The quantitative estimate of drug-likeness (QED) is 0.462. The van der Waals surface area contributed by atoms with Crippen molar-refractivity contribution in [1.82, 2.24) is 9.21 Å². The fraction of sp³-hybridized carbons (Fsp3) is 1.00. The Morgan fingerprint density at radius 3 is 2.36 bits per heavy atom. The Morgan fingerprint density at radius 1 is 1.14 bits per heavy atom. The highest BCUT2D eigenvalue weighted by Crippen LogP contribution is 2.16. The Balaban J connectivity index is 1.96.